The number of hydrogen-bond donors (Lipinski definition) is 4. The summed E-state index contributed by atoms with van der Waals surface area (Å²) >= 11 is 0. The molecule has 0 fully saturated rings. The molecule has 2 aromatic rings. The number of aromatic amines is 1. The molecule has 2 aromatic heterocycles. The Morgan fingerprint density at radius 1 is 1.29 bits per heavy atom. The third-order valence-electron chi connectivity index (χ3n) is 3.78. The summed E-state index contributed by atoms with van der Waals surface area (Å²) in [5, 5.41) is 7.20. The fourth-order valence-corrected chi connectivity index (χ4v) is 2.36. The molecule has 0 bridgehead atoms. The highest BCUT2D eigenvalue weighted by Crippen LogP contribution is 2.19. The lowest BCUT2D eigenvalue weighted by Gasteiger charge is -2.22. The number of alkyl halides is 3. The van der Waals surface area contributed by atoms with E-state index in [1.54, 1.807) is 26.1 Å². The van der Waals surface area contributed by atoms with Crippen LogP contribution >= 0.6 is 0 Å². The monoisotopic (exact) mass is 398 g/mol. The van der Waals surface area contributed by atoms with Crippen LogP contribution in [-0.2, 0) is 4.79 Å². The SMILES string of the molecule is CNC(=O)c1cc(-c2nccc(N[C@@H](C(=O)NCC(F)(F)F)C(C)C)n2)c[nH]1. The molecule has 8 nitrogen and oxygen atoms in total. The van der Waals surface area contributed by atoms with Crippen LogP contribution in [0, 0.1) is 5.92 Å². The number of halogens is 3. The number of rotatable bonds is 7. The Morgan fingerprint density at radius 2 is 2.00 bits per heavy atom. The molecule has 0 unspecified atom stereocenters. The minimum absolute atomic E-state index is 0.272. The van der Waals surface area contributed by atoms with E-state index < -0.39 is 24.7 Å². The van der Waals surface area contributed by atoms with Crippen LogP contribution in [-0.4, -0.2) is 52.6 Å². The van der Waals surface area contributed by atoms with Crippen molar-refractivity contribution in [2.45, 2.75) is 26.1 Å². The van der Waals surface area contributed by atoms with E-state index in [0.29, 0.717) is 11.3 Å². The number of hydrogen-bond acceptors (Lipinski definition) is 5. The van der Waals surface area contributed by atoms with Crippen molar-refractivity contribution in [2.24, 2.45) is 5.92 Å². The van der Waals surface area contributed by atoms with Gasteiger partial charge in [-0.15, -0.1) is 0 Å². The molecule has 152 valence electrons. The molecule has 0 aliphatic rings. The van der Waals surface area contributed by atoms with Crippen LogP contribution in [0.3, 0.4) is 0 Å². The summed E-state index contributed by atoms with van der Waals surface area (Å²) in [5.74, 6) is -0.820. The topological polar surface area (TPSA) is 112 Å². The van der Waals surface area contributed by atoms with Crippen LogP contribution in [0.5, 0.6) is 0 Å². The predicted molar refractivity (Wildman–Crippen MR) is 96.5 cm³/mol. The summed E-state index contributed by atoms with van der Waals surface area (Å²) in [4.78, 5) is 35.0. The summed E-state index contributed by atoms with van der Waals surface area (Å²) in [6.07, 6.45) is -1.49. The Labute approximate surface area is 159 Å². The van der Waals surface area contributed by atoms with Gasteiger partial charge >= 0.3 is 6.18 Å². The van der Waals surface area contributed by atoms with Crippen LogP contribution in [0.25, 0.3) is 11.4 Å². The zero-order valence-electron chi connectivity index (χ0n) is 15.5. The van der Waals surface area contributed by atoms with E-state index in [2.05, 4.69) is 25.6 Å². The first-order valence-corrected chi connectivity index (χ1v) is 8.45. The normalized spacial score (nSPS) is 12.5. The van der Waals surface area contributed by atoms with Crippen molar-refractivity contribution in [2.75, 3.05) is 18.9 Å². The number of H-pyrrole nitrogens is 1. The van der Waals surface area contributed by atoms with E-state index in [1.807, 2.05) is 5.32 Å². The number of nitrogens with one attached hydrogen (secondary N) is 4. The molecule has 1 atom stereocenters. The smallest absolute Gasteiger partial charge is 0.358 e. The third-order valence-corrected chi connectivity index (χ3v) is 3.78. The van der Waals surface area contributed by atoms with Crippen LogP contribution in [0.15, 0.2) is 24.5 Å². The highest BCUT2D eigenvalue weighted by Gasteiger charge is 2.30. The van der Waals surface area contributed by atoms with Gasteiger partial charge in [-0.1, -0.05) is 13.8 Å². The van der Waals surface area contributed by atoms with Gasteiger partial charge in [-0.05, 0) is 18.1 Å². The largest absolute Gasteiger partial charge is 0.405 e. The van der Waals surface area contributed by atoms with Crippen molar-refractivity contribution < 1.29 is 22.8 Å². The van der Waals surface area contributed by atoms with Gasteiger partial charge in [-0.3, -0.25) is 9.59 Å². The van der Waals surface area contributed by atoms with Crippen molar-refractivity contribution in [1.82, 2.24) is 25.6 Å². The van der Waals surface area contributed by atoms with Gasteiger partial charge in [0.15, 0.2) is 5.82 Å². The van der Waals surface area contributed by atoms with E-state index in [4.69, 9.17) is 0 Å². The molecular weight excluding hydrogens is 377 g/mol. The first kappa shape index (κ1) is 21.2. The molecule has 11 heteroatoms. The van der Waals surface area contributed by atoms with Gasteiger partial charge in [-0.2, -0.15) is 13.2 Å². The Kier molecular flexibility index (Phi) is 6.60. The second-order valence-corrected chi connectivity index (χ2v) is 6.35. The number of anilines is 1. The zero-order valence-corrected chi connectivity index (χ0v) is 15.5. The van der Waals surface area contributed by atoms with Crippen molar-refractivity contribution in [1.29, 1.82) is 0 Å². The molecule has 0 saturated carbocycles. The molecule has 2 rings (SSSR count). The maximum Gasteiger partial charge on any atom is 0.405 e. The maximum absolute atomic E-state index is 12.3. The molecule has 28 heavy (non-hydrogen) atoms. The van der Waals surface area contributed by atoms with E-state index in [0.717, 1.165) is 0 Å². The van der Waals surface area contributed by atoms with Crippen molar-refractivity contribution in [3.8, 4) is 11.4 Å². The predicted octanol–water partition coefficient (Wildman–Crippen LogP) is 1.95. The highest BCUT2D eigenvalue weighted by molar-refractivity contribution is 5.93. The Balaban J connectivity index is 2.16. The van der Waals surface area contributed by atoms with Gasteiger partial charge in [0.2, 0.25) is 5.91 Å². The molecule has 4 N–H and O–H groups in total. The van der Waals surface area contributed by atoms with Crippen LogP contribution in [0.1, 0.15) is 24.3 Å². The molecular formula is C17H21F3N6O2. The number of carbonyl (C=O) groups is 2. The van der Waals surface area contributed by atoms with Gasteiger partial charge in [0, 0.05) is 25.0 Å². The average molecular weight is 398 g/mol. The Morgan fingerprint density at radius 3 is 2.61 bits per heavy atom. The minimum Gasteiger partial charge on any atom is -0.358 e. The second kappa shape index (κ2) is 8.72. The van der Waals surface area contributed by atoms with Gasteiger partial charge in [-0.25, -0.2) is 9.97 Å². The average Bonchev–Trinajstić information content (AvgIpc) is 3.13. The summed E-state index contributed by atoms with van der Waals surface area (Å²) in [5.41, 5.74) is 0.871. The first-order chi connectivity index (χ1) is 13.1. The quantitative estimate of drug-likeness (QED) is 0.570. The van der Waals surface area contributed by atoms with Crippen molar-refractivity contribution in [3.63, 3.8) is 0 Å². The molecule has 2 amide bonds. The number of aromatic nitrogens is 3. The molecule has 0 spiro atoms. The Hall–Kier alpha value is -3.11. The van der Waals surface area contributed by atoms with Crippen molar-refractivity contribution >= 4 is 17.6 Å². The van der Waals surface area contributed by atoms with Gasteiger partial charge in [0.1, 0.15) is 24.1 Å². The third kappa shape index (κ3) is 5.69. The summed E-state index contributed by atoms with van der Waals surface area (Å²) in [7, 11) is 1.50. The number of amides is 2. The molecule has 0 aliphatic carbocycles. The molecule has 2 heterocycles. The zero-order chi connectivity index (χ0) is 20.9. The lowest BCUT2D eigenvalue weighted by molar-refractivity contribution is -0.139. The lowest BCUT2D eigenvalue weighted by Crippen LogP contribution is -2.46. The standard InChI is InChI=1S/C17H21F3N6O2/c1-9(2)13(16(28)24-8-17(18,19)20)25-12-4-5-22-14(26-12)10-6-11(23-7-10)15(27)21-3/h4-7,9,13,23H,8H2,1-3H3,(H,21,27)(H,24,28)(H,22,25,26)/t13-/m1/s1. The molecule has 0 aliphatic heterocycles. The fourth-order valence-electron chi connectivity index (χ4n) is 2.36. The Bertz CT molecular complexity index is 834. The maximum atomic E-state index is 12.3. The number of nitrogens with zero attached hydrogens (tertiary/aromatic N) is 2. The van der Waals surface area contributed by atoms with E-state index in [9.17, 15) is 22.8 Å². The lowest BCUT2D eigenvalue weighted by atomic mass is 10.0. The minimum atomic E-state index is -4.49. The molecule has 0 radical (unpaired) electrons. The van der Waals surface area contributed by atoms with E-state index >= 15 is 0 Å². The van der Waals surface area contributed by atoms with Gasteiger partial charge in [0.25, 0.3) is 5.91 Å². The van der Waals surface area contributed by atoms with Crippen LogP contribution in [0.2, 0.25) is 0 Å². The molecule has 0 aromatic carbocycles. The second-order valence-electron chi connectivity index (χ2n) is 6.35. The van der Waals surface area contributed by atoms with Crippen LogP contribution in [0.4, 0.5) is 19.0 Å². The van der Waals surface area contributed by atoms with E-state index in [1.165, 1.54) is 19.3 Å². The summed E-state index contributed by atoms with van der Waals surface area (Å²) in [6, 6.07) is 2.15. The summed E-state index contributed by atoms with van der Waals surface area (Å²) < 4.78 is 37.0. The first-order valence-electron chi connectivity index (χ1n) is 8.45. The van der Waals surface area contributed by atoms with Crippen molar-refractivity contribution in [3.05, 3.63) is 30.2 Å². The molecule has 0 saturated heterocycles. The van der Waals surface area contributed by atoms with Crippen LogP contribution < -0.4 is 16.0 Å². The van der Waals surface area contributed by atoms with Gasteiger partial charge in [0.05, 0.1) is 0 Å². The van der Waals surface area contributed by atoms with Gasteiger partial charge < -0.3 is 20.9 Å². The van der Waals surface area contributed by atoms with E-state index in [-0.39, 0.29) is 23.5 Å². The summed E-state index contributed by atoms with van der Waals surface area (Å²) in [6.45, 7) is 2.00. The number of carbonyl (C=O) groups excluding carboxylic acids is 2. The highest BCUT2D eigenvalue weighted by atomic mass is 19.4. The fraction of sp³-hybridized carbons (Fsp3) is 0.412.